The summed E-state index contributed by atoms with van der Waals surface area (Å²) >= 11 is 3.58. The van der Waals surface area contributed by atoms with Crippen LogP contribution in [0.4, 0.5) is 0 Å². The number of thiophene rings is 2. The molecular weight excluding hydrogens is 198 g/mol. The van der Waals surface area contributed by atoms with Gasteiger partial charge in [0.05, 0.1) is 0 Å². The van der Waals surface area contributed by atoms with Crippen molar-refractivity contribution in [1.82, 2.24) is 0 Å². The molecule has 0 radical (unpaired) electrons. The molecule has 2 aromatic rings. The van der Waals surface area contributed by atoms with E-state index >= 15 is 0 Å². The van der Waals surface area contributed by atoms with E-state index in [1.54, 1.807) is 22.7 Å². The van der Waals surface area contributed by atoms with E-state index in [0.29, 0.717) is 0 Å². The molecule has 0 aliphatic rings. The molecule has 0 aliphatic heterocycles. The lowest BCUT2D eigenvalue weighted by atomic mass is 10.4. The first-order valence-corrected chi connectivity index (χ1v) is 5.91. The van der Waals surface area contributed by atoms with Crippen molar-refractivity contribution < 1.29 is 0 Å². The molecule has 1 nitrogen and oxygen atoms in total. The monoisotopic (exact) mass is 211 g/mol. The Morgan fingerprint density at radius 2 is 1.46 bits per heavy atom. The zero-order valence-corrected chi connectivity index (χ0v) is 9.20. The Morgan fingerprint density at radius 3 is 1.69 bits per heavy atom. The maximum Gasteiger partial charge on any atom is 0.0442 e. The number of hydrogen-bond donors (Lipinski definition) is 1. The Labute approximate surface area is 86.8 Å². The first kappa shape index (κ1) is 10.4. The molecule has 0 atom stereocenters. The summed E-state index contributed by atoms with van der Waals surface area (Å²) in [6, 6.07) is 8.46. The lowest BCUT2D eigenvalue weighted by Gasteiger charge is -1.84. The van der Waals surface area contributed by atoms with Gasteiger partial charge in [-0.05, 0) is 29.4 Å². The Hall–Kier alpha value is -0.640. The Morgan fingerprint density at radius 1 is 1.08 bits per heavy atom. The summed E-state index contributed by atoms with van der Waals surface area (Å²) < 4.78 is 0. The molecule has 70 valence electrons. The van der Waals surface area contributed by atoms with Crippen molar-refractivity contribution in [2.24, 2.45) is 5.73 Å². The minimum Gasteiger partial charge on any atom is -0.331 e. The minimum atomic E-state index is 0.750. The van der Waals surface area contributed by atoms with Gasteiger partial charge in [0.1, 0.15) is 0 Å². The highest BCUT2D eigenvalue weighted by atomic mass is 32.1. The van der Waals surface area contributed by atoms with Gasteiger partial charge in [0.15, 0.2) is 0 Å². The SMILES string of the molecule is CCN.c1csc(-c2cccs2)c1. The van der Waals surface area contributed by atoms with Crippen LogP contribution in [0.1, 0.15) is 6.92 Å². The van der Waals surface area contributed by atoms with Gasteiger partial charge in [0.2, 0.25) is 0 Å². The highest BCUT2D eigenvalue weighted by Crippen LogP contribution is 2.28. The molecule has 0 spiro atoms. The van der Waals surface area contributed by atoms with Crippen LogP contribution in [0.5, 0.6) is 0 Å². The van der Waals surface area contributed by atoms with E-state index in [-0.39, 0.29) is 0 Å². The van der Waals surface area contributed by atoms with E-state index in [9.17, 15) is 0 Å². The van der Waals surface area contributed by atoms with Crippen molar-refractivity contribution in [3.8, 4) is 9.75 Å². The maximum absolute atomic E-state index is 4.85. The fraction of sp³-hybridized carbons (Fsp3) is 0.200. The van der Waals surface area contributed by atoms with Gasteiger partial charge in [0.25, 0.3) is 0 Å². The van der Waals surface area contributed by atoms with Gasteiger partial charge in [-0.1, -0.05) is 19.1 Å². The van der Waals surface area contributed by atoms with E-state index in [1.165, 1.54) is 9.75 Å². The van der Waals surface area contributed by atoms with Gasteiger partial charge in [-0.2, -0.15) is 0 Å². The Kier molecular flexibility index (Phi) is 4.75. The molecular formula is C10H13NS2. The lowest BCUT2D eigenvalue weighted by Crippen LogP contribution is -1.87. The maximum atomic E-state index is 4.85. The zero-order chi connectivity index (χ0) is 9.52. The van der Waals surface area contributed by atoms with Crippen LogP contribution in [0.3, 0.4) is 0 Å². The summed E-state index contributed by atoms with van der Waals surface area (Å²) in [5.74, 6) is 0. The topological polar surface area (TPSA) is 26.0 Å². The number of rotatable bonds is 1. The number of nitrogens with two attached hydrogens (primary N) is 1. The quantitative estimate of drug-likeness (QED) is 0.768. The average molecular weight is 211 g/mol. The van der Waals surface area contributed by atoms with Crippen molar-refractivity contribution in [3.05, 3.63) is 35.0 Å². The second kappa shape index (κ2) is 5.91. The van der Waals surface area contributed by atoms with Crippen LogP contribution >= 0.6 is 22.7 Å². The standard InChI is InChI=1S/C8H6S2.C2H7N/c1-3-7(9-5-1)8-4-2-6-10-8;1-2-3/h1-6H;2-3H2,1H3. The summed E-state index contributed by atoms with van der Waals surface area (Å²) in [4.78, 5) is 2.74. The fourth-order valence-electron chi connectivity index (χ4n) is 0.838. The normalized spacial score (nSPS) is 9.08. The van der Waals surface area contributed by atoms with E-state index < -0.39 is 0 Å². The van der Waals surface area contributed by atoms with Gasteiger partial charge in [-0.15, -0.1) is 22.7 Å². The minimum absolute atomic E-state index is 0.750. The second-order valence-electron chi connectivity index (χ2n) is 2.36. The fourth-order valence-corrected chi connectivity index (χ4v) is 2.42. The summed E-state index contributed by atoms with van der Waals surface area (Å²) in [5.41, 5.74) is 4.85. The lowest BCUT2D eigenvalue weighted by molar-refractivity contribution is 1.14. The zero-order valence-electron chi connectivity index (χ0n) is 7.57. The second-order valence-corrected chi connectivity index (χ2v) is 4.26. The van der Waals surface area contributed by atoms with E-state index in [2.05, 4.69) is 35.0 Å². The molecule has 0 aliphatic carbocycles. The molecule has 2 aromatic heterocycles. The summed E-state index contributed by atoms with van der Waals surface area (Å²) in [5, 5.41) is 4.21. The van der Waals surface area contributed by atoms with Crippen LogP contribution in [-0.2, 0) is 0 Å². The van der Waals surface area contributed by atoms with E-state index in [0.717, 1.165) is 6.54 Å². The predicted molar refractivity (Wildman–Crippen MR) is 62.4 cm³/mol. The Bertz CT molecular complexity index is 265. The third-order valence-corrected chi connectivity index (χ3v) is 3.22. The molecule has 0 fully saturated rings. The first-order valence-electron chi connectivity index (χ1n) is 4.16. The van der Waals surface area contributed by atoms with Crippen LogP contribution < -0.4 is 5.73 Å². The van der Waals surface area contributed by atoms with Gasteiger partial charge in [0, 0.05) is 9.75 Å². The largest absolute Gasteiger partial charge is 0.331 e. The van der Waals surface area contributed by atoms with Crippen molar-refractivity contribution in [2.45, 2.75) is 6.92 Å². The van der Waals surface area contributed by atoms with Gasteiger partial charge < -0.3 is 5.73 Å². The molecule has 2 N–H and O–H groups in total. The highest BCUT2D eigenvalue weighted by Gasteiger charge is 1.96. The predicted octanol–water partition coefficient (Wildman–Crippen LogP) is 3.44. The van der Waals surface area contributed by atoms with Crippen LogP contribution in [0, 0.1) is 0 Å². The first-order chi connectivity index (χ1) is 6.38. The molecule has 0 saturated carbocycles. The highest BCUT2D eigenvalue weighted by molar-refractivity contribution is 7.20. The third-order valence-electron chi connectivity index (χ3n) is 1.29. The van der Waals surface area contributed by atoms with Crippen LogP contribution in [0.25, 0.3) is 9.75 Å². The van der Waals surface area contributed by atoms with Crippen molar-refractivity contribution in [2.75, 3.05) is 6.54 Å². The Balaban J connectivity index is 0.000000251. The molecule has 0 aromatic carbocycles. The molecule has 0 amide bonds. The van der Waals surface area contributed by atoms with E-state index in [1.807, 2.05) is 6.92 Å². The summed E-state index contributed by atoms with van der Waals surface area (Å²) in [6.45, 7) is 2.65. The molecule has 0 saturated heterocycles. The van der Waals surface area contributed by atoms with Crippen molar-refractivity contribution in [1.29, 1.82) is 0 Å². The molecule has 0 unspecified atom stereocenters. The molecule has 3 heteroatoms. The molecule has 0 bridgehead atoms. The average Bonchev–Trinajstić information content (AvgIpc) is 2.78. The van der Waals surface area contributed by atoms with Gasteiger partial charge in [-0.3, -0.25) is 0 Å². The summed E-state index contributed by atoms with van der Waals surface area (Å²) in [7, 11) is 0. The van der Waals surface area contributed by atoms with Gasteiger partial charge in [-0.25, -0.2) is 0 Å². The molecule has 13 heavy (non-hydrogen) atoms. The smallest absolute Gasteiger partial charge is 0.0442 e. The van der Waals surface area contributed by atoms with Crippen LogP contribution in [0.15, 0.2) is 35.0 Å². The summed E-state index contributed by atoms with van der Waals surface area (Å²) in [6.07, 6.45) is 0. The van der Waals surface area contributed by atoms with Crippen LogP contribution in [0.2, 0.25) is 0 Å². The molecule has 2 heterocycles. The van der Waals surface area contributed by atoms with Crippen LogP contribution in [-0.4, -0.2) is 6.54 Å². The third kappa shape index (κ3) is 3.30. The molecule has 2 rings (SSSR count). The number of hydrogen-bond acceptors (Lipinski definition) is 3. The van der Waals surface area contributed by atoms with E-state index in [4.69, 9.17) is 5.73 Å². The van der Waals surface area contributed by atoms with Crippen molar-refractivity contribution >= 4 is 22.7 Å². The van der Waals surface area contributed by atoms with Gasteiger partial charge >= 0.3 is 0 Å². The van der Waals surface area contributed by atoms with Crippen molar-refractivity contribution in [3.63, 3.8) is 0 Å².